The lowest BCUT2D eigenvalue weighted by molar-refractivity contribution is 0.616. The van der Waals surface area contributed by atoms with Gasteiger partial charge in [-0.05, 0) is 34.1 Å². The van der Waals surface area contributed by atoms with E-state index in [1.165, 1.54) is 6.07 Å². The van der Waals surface area contributed by atoms with Crippen LogP contribution in [0.1, 0.15) is 18.2 Å². The molecule has 1 aromatic carbocycles. The smallest absolute Gasteiger partial charge is 0.137 e. The zero-order valence-corrected chi connectivity index (χ0v) is 11.7. The van der Waals surface area contributed by atoms with Crippen molar-refractivity contribution in [3.8, 4) is 0 Å². The number of aromatic nitrogens is 2. The summed E-state index contributed by atoms with van der Waals surface area (Å²) in [5, 5.41) is 3.22. The predicted molar refractivity (Wildman–Crippen MR) is 72.8 cm³/mol. The number of halogens is 2. The van der Waals surface area contributed by atoms with E-state index in [2.05, 4.69) is 33.2 Å². The van der Waals surface area contributed by atoms with Crippen LogP contribution < -0.4 is 5.32 Å². The maximum atomic E-state index is 13.4. The van der Waals surface area contributed by atoms with Crippen molar-refractivity contribution in [3.05, 3.63) is 52.3 Å². The second kappa shape index (κ2) is 6.11. The van der Waals surface area contributed by atoms with Crippen LogP contribution in [0.2, 0.25) is 0 Å². The Kier molecular flexibility index (Phi) is 4.49. The Morgan fingerprint density at radius 3 is 3.06 bits per heavy atom. The molecular formula is C13H15BrFN3. The van der Waals surface area contributed by atoms with E-state index in [4.69, 9.17) is 0 Å². The minimum absolute atomic E-state index is 0.236. The number of hydrogen-bond donors (Lipinski definition) is 1. The number of hydrogen-bond acceptors (Lipinski definition) is 2. The summed E-state index contributed by atoms with van der Waals surface area (Å²) in [7, 11) is 0. The first-order valence-electron chi connectivity index (χ1n) is 5.85. The SMILES string of the molecule is CCNCc1cn(Cc2cccc(F)c2Br)cn1. The molecule has 0 aliphatic carbocycles. The summed E-state index contributed by atoms with van der Waals surface area (Å²) in [6.07, 6.45) is 3.74. The third kappa shape index (κ3) is 3.17. The van der Waals surface area contributed by atoms with E-state index in [0.717, 1.165) is 24.3 Å². The van der Waals surface area contributed by atoms with E-state index in [-0.39, 0.29) is 5.82 Å². The zero-order valence-electron chi connectivity index (χ0n) is 10.2. The third-order valence-corrected chi connectivity index (χ3v) is 3.52. The van der Waals surface area contributed by atoms with E-state index in [1.54, 1.807) is 12.4 Å². The number of imidazole rings is 1. The van der Waals surface area contributed by atoms with Gasteiger partial charge in [-0.1, -0.05) is 19.1 Å². The molecule has 0 atom stereocenters. The van der Waals surface area contributed by atoms with E-state index in [1.807, 2.05) is 16.8 Å². The average Bonchev–Trinajstić information content (AvgIpc) is 2.80. The van der Waals surface area contributed by atoms with Crippen LogP contribution in [0.25, 0.3) is 0 Å². The van der Waals surface area contributed by atoms with Crippen LogP contribution in [0.4, 0.5) is 4.39 Å². The Balaban J connectivity index is 2.09. The summed E-state index contributed by atoms with van der Waals surface area (Å²) >= 11 is 3.27. The first kappa shape index (κ1) is 13.2. The second-order valence-electron chi connectivity index (χ2n) is 4.03. The highest BCUT2D eigenvalue weighted by Crippen LogP contribution is 2.21. The van der Waals surface area contributed by atoms with Crippen molar-refractivity contribution < 1.29 is 4.39 Å². The molecule has 96 valence electrons. The van der Waals surface area contributed by atoms with Crippen LogP contribution in [-0.2, 0) is 13.1 Å². The van der Waals surface area contributed by atoms with Crippen molar-refractivity contribution >= 4 is 15.9 Å². The molecule has 0 spiro atoms. The molecule has 5 heteroatoms. The van der Waals surface area contributed by atoms with Gasteiger partial charge in [-0.25, -0.2) is 9.37 Å². The summed E-state index contributed by atoms with van der Waals surface area (Å²) in [5.74, 6) is -0.236. The number of rotatable bonds is 5. The van der Waals surface area contributed by atoms with Gasteiger partial charge in [0, 0.05) is 19.3 Å². The molecule has 0 saturated carbocycles. The molecule has 0 radical (unpaired) electrons. The Bertz CT molecular complexity index is 525. The van der Waals surface area contributed by atoms with Gasteiger partial charge in [0.25, 0.3) is 0 Å². The molecule has 0 unspecified atom stereocenters. The first-order chi connectivity index (χ1) is 8.70. The van der Waals surface area contributed by atoms with Gasteiger partial charge in [0.2, 0.25) is 0 Å². The molecule has 0 aliphatic heterocycles. The van der Waals surface area contributed by atoms with Gasteiger partial charge < -0.3 is 9.88 Å². The summed E-state index contributed by atoms with van der Waals surface area (Å²) in [6.45, 7) is 4.34. The third-order valence-electron chi connectivity index (χ3n) is 2.63. The van der Waals surface area contributed by atoms with Gasteiger partial charge in [-0.2, -0.15) is 0 Å². The summed E-state index contributed by atoms with van der Waals surface area (Å²) < 4.78 is 15.8. The largest absolute Gasteiger partial charge is 0.333 e. The lowest BCUT2D eigenvalue weighted by Gasteiger charge is -2.05. The maximum absolute atomic E-state index is 13.4. The molecule has 2 aromatic rings. The highest BCUT2D eigenvalue weighted by atomic mass is 79.9. The van der Waals surface area contributed by atoms with Crippen LogP contribution in [-0.4, -0.2) is 16.1 Å². The van der Waals surface area contributed by atoms with Crippen molar-refractivity contribution in [1.82, 2.24) is 14.9 Å². The van der Waals surface area contributed by atoms with Gasteiger partial charge in [0.15, 0.2) is 0 Å². The lowest BCUT2D eigenvalue weighted by Crippen LogP contribution is -2.11. The zero-order chi connectivity index (χ0) is 13.0. The summed E-state index contributed by atoms with van der Waals surface area (Å²) in [6, 6.07) is 5.06. The minimum Gasteiger partial charge on any atom is -0.333 e. The summed E-state index contributed by atoms with van der Waals surface area (Å²) in [4.78, 5) is 4.29. The van der Waals surface area contributed by atoms with Gasteiger partial charge >= 0.3 is 0 Å². The van der Waals surface area contributed by atoms with E-state index >= 15 is 0 Å². The maximum Gasteiger partial charge on any atom is 0.137 e. The molecule has 0 saturated heterocycles. The molecule has 2 rings (SSSR count). The fourth-order valence-electron chi connectivity index (χ4n) is 1.70. The molecule has 3 nitrogen and oxygen atoms in total. The fourth-order valence-corrected chi connectivity index (χ4v) is 2.09. The first-order valence-corrected chi connectivity index (χ1v) is 6.64. The van der Waals surface area contributed by atoms with Crippen LogP contribution >= 0.6 is 15.9 Å². The Morgan fingerprint density at radius 1 is 1.44 bits per heavy atom. The van der Waals surface area contributed by atoms with Crippen molar-refractivity contribution in [2.45, 2.75) is 20.0 Å². The standard InChI is InChI=1S/C13H15BrFN3/c1-2-16-6-11-8-18(9-17-11)7-10-4-3-5-12(15)13(10)14/h3-5,8-9,16H,2,6-7H2,1H3. The lowest BCUT2D eigenvalue weighted by atomic mass is 10.2. The van der Waals surface area contributed by atoms with E-state index in [0.29, 0.717) is 11.0 Å². The van der Waals surface area contributed by atoms with E-state index in [9.17, 15) is 4.39 Å². The molecule has 1 aromatic heterocycles. The molecular weight excluding hydrogens is 297 g/mol. The molecule has 1 N–H and O–H groups in total. The molecule has 0 amide bonds. The Morgan fingerprint density at radius 2 is 2.28 bits per heavy atom. The quantitative estimate of drug-likeness (QED) is 0.920. The predicted octanol–water partition coefficient (Wildman–Crippen LogP) is 2.94. The van der Waals surface area contributed by atoms with Crippen molar-refractivity contribution in [2.24, 2.45) is 0 Å². The minimum atomic E-state index is -0.236. The van der Waals surface area contributed by atoms with E-state index < -0.39 is 0 Å². The fraction of sp³-hybridized carbons (Fsp3) is 0.308. The van der Waals surface area contributed by atoms with Crippen molar-refractivity contribution in [3.63, 3.8) is 0 Å². The molecule has 1 heterocycles. The monoisotopic (exact) mass is 311 g/mol. The highest BCUT2D eigenvalue weighted by Gasteiger charge is 2.06. The van der Waals surface area contributed by atoms with Gasteiger partial charge in [0.05, 0.1) is 16.5 Å². The molecule has 0 bridgehead atoms. The normalized spacial score (nSPS) is 10.8. The van der Waals surface area contributed by atoms with Crippen LogP contribution in [0.15, 0.2) is 35.2 Å². The molecule has 0 fully saturated rings. The average molecular weight is 312 g/mol. The number of benzene rings is 1. The number of nitrogens with one attached hydrogen (secondary N) is 1. The van der Waals surface area contributed by atoms with Crippen LogP contribution in [0.3, 0.4) is 0 Å². The van der Waals surface area contributed by atoms with Crippen molar-refractivity contribution in [1.29, 1.82) is 0 Å². The van der Waals surface area contributed by atoms with Gasteiger partial charge in [0.1, 0.15) is 5.82 Å². The van der Waals surface area contributed by atoms with Crippen LogP contribution in [0.5, 0.6) is 0 Å². The molecule has 18 heavy (non-hydrogen) atoms. The molecule has 0 aliphatic rings. The highest BCUT2D eigenvalue weighted by molar-refractivity contribution is 9.10. The van der Waals surface area contributed by atoms with Crippen LogP contribution in [0, 0.1) is 5.82 Å². The second-order valence-corrected chi connectivity index (χ2v) is 4.82. The Hall–Kier alpha value is -1.20. The number of nitrogens with zero attached hydrogens (tertiary/aromatic N) is 2. The Labute approximate surface area is 114 Å². The van der Waals surface area contributed by atoms with Gasteiger partial charge in [-0.15, -0.1) is 0 Å². The van der Waals surface area contributed by atoms with Crippen molar-refractivity contribution in [2.75, 3.05) is 6.54 Å². The van der Waals surface area contributed by atoms with Gasteiger partial charge in [-0.3, -0.25) is 0 Å². The summed E-state index contributed by atoms with van der Waals surface area (Å²) in [5.41, 5.74) is 1.90. The topological polar surface area (TPSA) is 29.9 Å².